The van der Waals surface area contributed by atoms with Crippen molar-refractivity contribution >= 4 is 28.9 Å². The number of anilines is 1. The van der Waals surface area contributed by atoms with Gasteiger partial charge in [-0.1, -0.05) is 25.0 Å². The van der Waals surface area contributed by atoms with Gasteiger partial charge < -0.3 is 25.6 Å². The Balaban J connectivity index is 1.55. The Morgan fingerprint density at radius 3 is 2.53 bits per heavy atom. The minimum Gasteiger partial charge on any atom is -0.481 e. The molecule has 3 aromatic rings. The first-order valence-electron chi connectivity index (χ1n) is 11.3. The molecule has 0 fully saturated rings. The summed E-state index contributed by atoms with van der Waals surface area (Å²) in [6.07, 6.45) is 7.03. The Morgan fingerprint density at radius 1 is 1.12 bits per heavy atom. The molecule has 0 bridgehead atoms. The Hall–Kier alpha value is -3.85. The van der Waals surface area contributed by atoms with Crippen LogP contribution in [0, 0.1) is 13.8 Å². The molecule has 0 aliphatic carbocycles. The quantitative estimate of drug-likeness (QED) is 0.193. The lowest BCUT2D eigenvalue weighted by molar-refractivity contribution is -0.137. The molecule has 0 aliphatic rings. The van der Waals surface area contributed by atoms with Gasteiger partial charge in [0.1, 0.15) is 5.65 Å². The van der Waals surface area contributed by atoms with E-state index in [0.717, 1.165) is 36.2 Å². The zero-order chi connectivity index (χ0) is 24.7. The van der Waals surface area contributed by atoms with Crippen molar-refractivity contribution in [3.8, 4) is 0 Å². The van der Waals surface area contributed by atoms with Gasteiger partial charge in [0, 0.05) is 42.4 Å². The van der Waals surface area contributed by atoms with E-state index < -0.39 is 5.97 Å². The molecule has 0 unspecified atom stereocenters. The molecule has 0 atom stereocenters. The van der Waals surface area contributed by atoms with E-state index in [4.69, 9.17) is 16.7 Å². The maximum Gasteiger partial charge on any atom is 0.303 e. The average molecular weight is 465 g/mol. The molecule has 6 N–H and O–H groups in total. The largest absolute Gasteiger partial charge is 0.481 e. The van der Waals surface area contributed by atoms with E-state index in [1.807, 2.05) is 42.6 Å². The number of carbonyl (C=O) groups is 2. The number of carboxylic acid groups (broad SMARTS) is 1. The highest BCUT2D eigenvalue weighted by Gasteiger charge is 2.14. The van der Waals surface area contributed by atoms with Gasteiger partial charge in [0.25, 0.3) is 5.91 Å². The first-order valence-corrected chi connectivity index (χ1v) is 11.3. The molecule has 0 radical (unpaired) electrons. The molecule has 1 aromatic carbocycles. The highest BCUT2D eigenvalue weighted by Crippen LogP contribution is 2.18. The number of carbonyl (C=O) groups excluding carboxylic acids is 1. The SMILES string of the molecule is Cc1cc(C)n2ccc(C(=O)Nc3ccc(/C(N)=C/N(N)CCCCCCC(=O)O)cc3)c2n1. The summed E-state index contributed by atoms with van der Waals surface area (Å²) in [5, 5.41) is 13.1. The number of amides is 1. The van der Waals surface area contributed by atoms with Gasteiger partial charge in [-0.2, -0.15) is 0 Å². The third-order valence-corrected chi connectivity index (χ3v) is 5.52. The van der Waals surface area contributed by atoms with Crippen molar-refractivity contribution in [2.24, 2.45) is 11.6 Å². The van der Waals surface area contributed by atoms with Crippen molar-refractivity contribution in [1.29, 1.82) is 0 Å². The molecule has 0 saturated heterocycles. The summed E-state index contributed by atoms with van der Waals surface area (Å²) in [6, 6.07) is 11.0. The fourth-order valence-corrected chi connectivity index (χ4v) is 3.76. The molecule has 2 heterocycles. The van der Waals surface area contributed by atoms with Crippen LogP contribution in [0.15, 0.2) is 48.8 Å². The first-order chi connectivity index (χ1) is 16.2. The number of hydrogen-bond acceptors (Lipinski definition) is 6. The number of rotatable bonds is 11. The number of hydrogen-bond donors (Lipinski definition) is 4. The Kier molecular flexibility index (Phi) is 8.26. The van der Waals surface area contributed by atoms with Crippen LogP contribution >= 0.6 is 0 Å². The molecule has 9 nitrogen and oxygen atoms in total. The van der Waals surface area contributed by atoms with E-state index in [-0.39, 0.29) is 12.3 Å². The summed E-state index contributed by atoms with van der Waals surface area (Å²) in [6.45, 7) is 4.51. The molecule has 1 amide bonds. The van der Waals surface area contributed by atoms with Crippen LogP contribution in [-0.2, 0) is 4.79 Å². The number of aromatic nitrogens is 2. The maximum atomic E-state index is 12.8. The lowest BCUT2D eigenvalue weighted by Crippen LogP contribution is -2.27. The van der Waals surface area contributed by atoms with Crippen LogP contribution in [0.25, 0.3) is 11.3 Å². The second kappa shape index (κ2) is 11.3. The summed E-state index contributed by atoms with van der Waals surface area (Å²) in [5.74, 6) is 5.02. The molecule has 180 valence electrons. The topological polar surface area (TPSA) is 139 Å². The molecular weight excluding hydrogens is 432 g/mol. The summed E-state index contributed by atoms with van der Waals surface area (Å²) < 4.78 is 1.89. The van der Waals surface area contributed by atoms with E-state index in [0.29, 0.717) is 35.6 Å². The number of hydrazine groups is 1. The standard InChI is InChI=1S/C25H32N6O3/c1-17-15-18(2)31-14-12-21(24(31)28-17)25(34)29-20-10-8-19(9-11-20)22(26)16-30(27)13-6-4-3-5-7-23(32)33/h8-12,14-16H,3-7,13,26-27H2,1-2H3,(H,29,34)(H,32,33)/b22-16-. The van der Waals surface area contributed by atoms with Crippen molar-refractivity contribution < 1.29 is 14.7 Å². The van der Waals surface area contributed by atoms with E-state index in [9.17, 15) is 9.59 Å². The smallest absolute Gasteiger partial charge is 0.303 e. The van der Waals surface area contributed by atoms with Crippen molar-refractivity contribution in [2.75, 3.05) is 11.9 Å². The van der Waals surface area contributed by atoms with E-state index in [1.165, 1.54) is 5.01 Å². The van der Waals surface area contributed by atoms with Crippen LogP contribution in [0.3, 0.4) is 0 Å². The number of aryl methyl sites for hydroxylation is 2. The molecule has 3 rings (SSSR count). The highest BCUT2D eigenvalue weighted by atomic mass is 16.4. The van der Waals surface area contributed by atoms with Crippen molar-refractivity contribution in [3.63, 3.8) is 0 Å². The van der Waals surface area contributed by atoms with Gasteiger partial charge in [-0.3, -0.25) is 9.59 Å². The van der Waals surface area contributed by atoms with Crippen molar-refractivity contribution in [2.45, 2.75) is 46.0 Å². The van der Waals surface area contributed by atoms with E-state index in [2.05, 4.69) is 10.3 Å². The Morgan fingerprint density at radius 2 is 1.82 bits per heavy atom. The average Bonchev–Trinajstić information content (AvgIpc) is 3.20. The number of benzene rings is 1. The second-order valence-corrected chi connectivity index (χ2v) is 8.37. The molecule has 0 aliphatic heterocycles. The van der Waals surface area contributed by atoms with Crippen molar-refractivity contribution in [1.82, 2.24) is 14.4 Å². The third kappa shape index (κ3) is 6.58. The molecule has 34 heavy (non-hydrogen) atoms. The van der Waals surface area contributed by atoms with Crippen LogP contribution < -0.4 is 16.9 Å². The molecule has 9 heteroatoms. The Labute approximate surface area is 199 Å². The van der Waals surface area contributed by atoms with E-state index >= 15 is 0 Å². The number of fused-ring (bicyclic) bond motifs is 1. The number of unbranched alkanes of at least 4 members (excludes halogenated alkanes) is 3. The number of nitrogens with zero attached hydrogens (tertiary/aromatic N) is 3. The minimum absolute atomic E-state index is 0.203. The van der Waals surface area contributed by atoms with Crippen LogP contribution in [-0.4, -0.2) is 37.9 Å². The summed E-state index contributed by atoms with van der Waals surface area (Å²) in [4.78, 5) is 27.8. The van der Waals surface area contributed by atoms with Gasteiger partial charge in [-0.05, 0) is 56.5 Å². The number of aliphatic carboxylic acids is 1. The fourth-order valence-electron chi connectivity index (χ4n) is 3.76. The number of nitrogens with one attached hydrogen (secondary N) is 1. The summed E-state index contributed by atoms with van der Waals surface area (Å²) in [5.41, 5.74) is 11.1. The molecule has 0 spiro atoms. The zero-order valence-electron chi connectivity index (χ0n) is 19.6. The highest BCUT2D eigenvalue weighted by molar-refractivity contribution is 6.08. The summed E-state index contributed by atoms with van der Waals surface area (Å²) in [7, 11) is 0. The molecule has 2 aromatic heterocycles. The molecular formula is C25H32N6O3. The van der Waals surface area contributed by atoms with Gasteiger partial charge in [0.15, 0.2) is 0 Å². The predicted octanol–water partition coefficient (Wildman–Crippen LogP) is 3.67. The van der Waals surface area contributed by atoms with E-state index in [1.54, 1.807) is 24.4 Å². The Bertz CT molecular complexity index is 1180. The van der Waals surface area contributed by atoms with Gasteiger partial charge in [0.05, 0.1) is 11.3 Å². The maximum absolute atomic E-state index is 12.8. The van der Waals surface area contributed by atoms with Crippen LogP contribution in [0.1, 0.15) is 59.4 Å². The second-order valence-electron chi connectivity index (χ2n) is 8.37. The minimum atomic E-state index is -0.762. The van der Waals surface area contributed by atoms with Crippen LogP contribution in [0.5, 0.6) is 0 Å². The van der Waals surface area contributed by atoms with Gasteiger partial charge in [-0.15, -0.1) is 0 Å². The summed E-state index contributed by atoms with van der Waals surface area (Å²) >= 11 is 0. The molecule has 0 saturated carbocycles. The first kappa shape index (κ1) is 24.8. The lowest BCUT2D eigenvalue weighted by Gasteiger charge is -2.15. The van der Waals surface area contributed by atoms with Crippen LogP contribution in [0.2, 0.25) is 0 Å². The number of nitrogens with two attached hydrogens (primary N) is 2. The normalized spacial score (nSPS) is 11.6. The third-order valence-electron chi connectivity index (χ3n) is 5.52. The zero-order valence-corrected chi connectivity index (χ0v) is 19.6. The van der Waals surface area contributed by atoms with Crippen molar-refractivity contribution in [3.05, 3.63) is 71.3 Å². The van der Waals surface area contributed by atoms with Gasteiger partial charge >= 0.3 is 5.97 Å². The van der Waals surface area contributed by atoms with Crippen LogP contribution in [0.4, 0.5) is 5.69 Å². The monoisotopic (exact) mass is 464 g/mol. The predicted molar refractivity (Wildman–Crippen MR) is 133 cm³/mol. The fraction of sp³-hybridized carbons (Fsp3) is 0.320. The number of carboxylic acids is 1. The van der Waals surface area contributed by atoms with Gasteiger partial charge in [-0.25, -0.2) is 10.8 Å². The van der Waals surface area contributed by atoms with Gasteiger partial charge in [0.2, 0.25) is 0 Å². The lowest BCUT2D eigenvalue weighted by atomic mass is 10.1.